The molecule has 0 aromatic heterocycles. The molecule has 0 N–H and O–H groups in total. The molecule has 0 spiro atoms. The molecule has 0 amide bonds. The van der Waals surface area contributed by atoms with E-state index in [2.05, 4.69) is 26.8 Å². The normalized spacial score (nSPS) is 35.9. The molecular formula is C13H18O3. The van der Waals surface area contributed by atoms with Crippen LogP contribution in [0.3, 0.4) is 0 Å². The number of carbonyl (C=O) groups is 2. The minimum atomic E-state index is -0.563. The summed E-state index contributed by atoms with van der Waals surface area (Å²) in [7, 11) is 1.35. The summed E-state index contributed by atoms with van der Waals surface area (Å²) >= 11 is 0. The smallest absolute Gasteiger partial charge is 0.316 e. The summed E-state index contributed by atoms with van der Waals surface area (Å²) in [5, 5.41) is 0. The van der Waals surface area contributed by atoms with Crippen LogP contribution in [0, 0.1) is 23.2 Å². The van der Waals surface area contributed by atoms with E-state index in [1.54, 1.807) is 0 Å². The van der Waals surface area contributed by atoms with Crippen LogP contribution in [0.1, 0.15) is 27.2 Å². The second-order valence-corrected chi connectivity index (χ2v) is 5.43. The van der Waals surface area contributed by atoms with Crippen LogP contribution in [0.5, 0.6) is 0 Å². The summed E-state index contributed by atoms with van der Waals surface area (Å²) in [4.78, 5) is 23.5. The molecule has 0 aromatic carbocycles. The molecule has 2 rings (SSSR count). The molecule has 0 aromatic rings. The number of allylic oxidation sites excluding steroid dienone is 2. The zero-order chi connectivity index (χ0) is 12.1. The van der Waals surface area contributed by atoms with Crippen molar-refractivity contribution in [1.29, 1.82) is 0 Å². The van der Waals surface area contributed by atoms with Crippen molar-refractivity contribution < 1.29 is 14.3 Å². The van der Waals surface area contributed by atoms with Gasteiger partial charge in [-0.15, -0.1) is 0 Å². The Kier molecular flexibility index (Phi) is 2.44. The minimum absolute atomic E-state index is 0.0309. The lowest BCUT2D eigenvalue weighted by atomic mass is 9.75. The van der Waals surface area contributed by atoms with E-state index in [4.69, 9.17) is 4.74 Å². The minimum Gasteiger partial charge on any atom is -0.468 e. The molecule has 16 heavy (non-hydrogen) atoms. The first-order valence-corrected chi connectivity index (χ1v) is 5.69. The molecule has 3 heteroatoms. The van der Waals surface area contributed by atoms with Gasteiger partial charge in [-0.2, -0.15) is 0 Å². The standard InChI is InChI=1S/C13H18O3/c1-7-5-8-9(13(7,2)3)6-10(14)11(8)12(15)16-4/h5,8-9,11H,6H2,1-4H3/t8-,9-,11?/m1/s1. The van der Waals surface area contributed by atoms with E-state index in [-0.39, 0.29) is 29.0 Å². The highest BCUT2D eigenvalue weighted by Crippen LogP contribution is 2.54. The monoisotopic (exact) mass is 222 g/mol. The number of carbonyl (C=O) groups excluding carboxylic acids is 2. The van der Waals surface area contributed by atoms with Crippen molar-refractivity contribution >= 4 is 11.8 Å². The van der Waals surface area contributed by atoms with Crippen LogP contribution in [-0.4, -0.2) is 18.9 Å². The van der Waals surface area contributed by atoms with Crippen LogP contribution in [-0.2, 0) is 14.3 Å². The van der Waals surface area contributed by atoms with Crippen LogP contribution >= 0.6 is 0 Å². The van der Waals surface area contributed by atoms with Crippen LogP contribution in [0.2, 0.25) is 0 Å². The van der Waals surface area contributed by atoms with Crippen molar-refractivity contribution in [2.45, 2.75) is 27.2 Å². The molecule has 1 fully saturated rings. The van der Waals surface area contributed by atoms with Crippen molar-refractivity contribution in [2.75, 3.05) is 7.11 Å². The lowest BCUT2D eigenvalue weighted by Gasteiger charge is -2.28. The Morgan fingerprint density at radius 1 is 1.50 bits per heavy atom. The third-order valence-corrected chi connectivity index (χ3v) is 4.46. The third-order valence-electron chi connectivity index (χ3n) is 4.46. The Hall–Kier alpha value is -1.12. The molecule has 2 aliphatic rings. The molecule has 88 valence electrons. The van der Waals surface area contributed by atoms with E-state index in [1.165, 1.54) is 12.7 Å². The Morgan fingerprint density at radius 3 is 2.69 bits per heavy atom. The first-order valence-electron chi connectivity index (χ1n) is 5.69. The maximum absolute atomic E-state index is 11.9. The number of methoxy groups -OCH3 is 1. The summed E-state index contributed by atoms with van der Waals surface area (Å²) in [5.41, 5.74) is 1.31. The van der Waals surface area contributed by atoms with E-state index in [1.807, 2.05) is 0 Å². The van der Waals surface area contributed by atoms with Gasteiger partial charge in [0.2, 0.25) is 0 Å². The van der Waals surface area contributed by atoms with Gasteiger partial charge < -0.3 is 4.74 Å². The van der Waals surface area contributed by atoms with Crippen molar-refractivity contribution in [3.8, 4) is 0 Å². The first-order chi connectivity index (χ1) is 7.39. The molecule has 0 heterocycles. The molecule has 2 aliphatic carbocycles. The van der Waals surface area contributed by atoms with Gasteiger partial charge >= 0.3 is 5.97 Å². The maximum Gasteiger partial charge on any atom is 0.316 e. The first kappa shape index (κ1) is 11.4. The third kappa shape index (κ3) is 1.34. The molecule has 0 bridgehead atoms. The Morgan fingerprint density at radius 2 is 2.12 bits per heavy atom. The second-order valence-electron chi connectivity index (χ2n) is 5.43. The van der Waals surface area contributed by atoms with E-state index in [0.717, 1.165) is 0 Å². The summed E-state index contributed by atoms with van der Waals surface area (Å²) in [6.45, 7) is 6.38. The highest BCUT2D eigenvalue weighted by molar-refractivity contribution is 6.01. The fourth-order valence-corrected chi connectivity index (χ4v) is 3.09. The average molecular weight is 222 g/mol. The van der Waals surface area contributed by atoms with Gasteiger partial charge in [0.05, 0.1) is 7.11 Å². The van der Waals surface area contributed by atoms with Gasteiger partial charge in [0.25, 0.3) is 0 Å². The summed E-state index contributed by atoms with van der Waals surface area (Å²) in [6, 6.07) is 0. The Bertz CT molecular complexity index is 379. The predicted octanol–water partition coefficient (Wildman–Crippen LogP) is 1.97. The zero-order valence-corrected chi connectivity index (χ0v) is 10.2. The van der Waals surface area contributed by atoms with Gasteiger partial charge in [-0.05, 0) is 18.3 Å². The molecule has 3 nitrogen and oxygen atoms in total. The van der Waals surface area contributed by atoms with E-state index in [9.17, 15) is 9.59 Å². The number of Topliss-reactive ketones (excluding diaryl/α,β-unsaturated/α-hetero) is 1. The fraction of sp³-hybridized carbons (Fsp3) is 0.692. The quantitative estimate of drug-likeness (QED) is 0.387. The molecule has 3 atom stereocenters. The van der Waals surface area contributed by atoms with Crippen molar-refractivity contribution in [2.24, 2.45) is 23.2 Å². The molecule has 0 saturated heterocycles. The number of ketones is 1. The topological polar surface area (TPSA) is 43.4 Å². The number of fused-ring (bicyclic) bond motifs is 1. The molecule has 0 radical (unpaired) electrons. The SMILES string of the molecule is COC(=O)C1C(=O)C[C@@H]2[C@H]1C=C(C)C2(C)C. The number of rotatable bonds is 1. The number of hydrogen-bond donors (Lipinski definition) is 0. The van der Waals surface area contributed by atoms with Gasteiger partial charge in [-0.1, -0.05) is 25.5 Å². The highest BCUT2D eigenvalue weighted by Gasteiger charge is 2.54. The molecule has 0 aliphatic heterocycles. The number of esters is 1. The molecule has 1 saturated carbocycles. The van der Waals surface area contributed by atoms with E-state index < -0.39 is 5.92 Å². The van der Waals surface area contributed by atoms with Crippen LogP contribution < -0.4 is 0 Å². The Balaban J connectivity index is 2.35. The summed E-state index contributed by atoms with van der Waals surface area (Å²) in [6.07, 6.45) is 2.60. The highest BCUT2D eigenvalue weighted by atomic mass is 16.5. The van der Waals surface area contributed by atoms with E-state index in [0.29, 0.717) is 6.42 Å². The van der Waals surface area contributed by atoms with Crippen molar-refractivity contribution in [3.05, 3.63) is 11.6 Å². The summed E-state index contributed by atoms with van der Waals surface area (Å²) < 4.78 is 4.73. The zero-order valence-electron chi connectivity index (χ0n) is 10.2. The van der Waals surface area contributed by atoms with E-state index >= 15 is 0 Å². The summed E-state index contributed by atoms with van der Waals surface area (Å²) in [5.74, 6) is -0.580. The van der Waals surface area contributed by atoms with Gasteiger partial charge in [-0.25, -0.2) is 0 Å². The lowest BCUT2D eigenvalue weighted by Crippen LogP contribution is -2.27. The Labute approximate surface area is 95.9 Å². The molecular weight excluding hydrogens is 204 g/mol. The van der Waals surface area contributed by atoms with Gasteiger partial charge in [0.15, 0.2) is 0 Å². The largest absolute Gasteiger partial charge is 0.468 e. The van der Waals surface area contributed by atoms with Gasteiger partial charge in [-0.3, -0.25) is 9.59 Å². The lowest BCUT2D eigenvalue weighted by molar-refractivity contribution is -0.149. The van der Waals surface area contributed by atoms with Crippen molar-refractivity contribution in [1.82, 2.24) is 0 Å². The second kappa shape index (κ2) is 3.44. The number of hydrogen-bond acceptors (Lipinski definition) is 3. The van der Waals surface area contributed by atoms with Crippen LogP contribution in [0.25, 0.3) is 0 Å². The predicted molar refractivity (Wildman–Crippen MR) is 59.6 cm³/mol. The maximum atomic E-state index is 11.9. The average Bonchev–Trinajstić information content (AvgIpc) is 2.63. The van der Waals surface area contributed by atoms with Crippen LogP contribution in [0.15, 0.2) is 11.6 Å². The van der Waals surface area contributed by atoms with Crippen LogP contribution in [0.4, 0.5) is 0 Å². The van der Waals surface area contributed by atoms with Gasteiger partial charge in [0.1, 0.15) is 11.7 Å². The fourth-order valence-electron chi connectivity index (χ4n) is 3.09. The van der Waals surface area contributed by atoms with Crippen molar-refractivity contribution in [3.63, 3.8) is 0 Å². The molecule has 1 unspecified atom stereocenters. The van der Waals surface area contributed by atoms with Gasteiger partial charge in [0, 0.05) is 12.3 Å². The number of ether oxygens (including phenoxy) is 1.